The standard InChI is InChI=1S/C11H15NS/c1-9-3-2-4-10-5-6-12(8-13)7-11(9)10/h2-4,13H,5-8H2,1H3. The lowest BCUT2D eigenvalue weighted by atomic mass is 9.96. The summed E-state index contributed by atoms with van der Waals surface area (Å²) in [5, 5.41) is 0. The van der Waals surface area contributed by atoms with E-state index in [0.29, 0.717) is 0 Å². The molecule has 2 rings (SSSR count). The fraction of sp³-hybridized carbons (Fsp3) is 0.455. The van der Waals surface area contributed by atoms with Crippen molar-refractivity contribution >= 4 is 12.6 Å². The highest BCUT2D eigenvalue weighted by Gasteiger charge is 2.15. The quantitative estimate of drug-likeness (QED) is 0.669. The van der Waals surface area contributed by atoms with Gasteiger partial charge in [-0.05, 0) is 30.0 Å². The highest BCUT2D eigenvalue weighted by atomic mass is 32.1. The minimum absolute atomic E-state index is 0.869. The summed E-state index contributed by atoms with van der Waals surface area (Å²) in [5.41, 5.74) is 4.46. The predicted molar refractivity (Wildman–Crippen MR) is 59.1 cm³/mol. The minimum atomic E-state index is 0.869. The molecular formula is C11H15NS. The predicted octanol–water partition coefficient (Wildman–Crippen LogP) is 2.24. The van der Waals surface area contributed by atoms with Crippen molar-refractivity contribution < 1.29 is 0 Å². The molecule has 1 heterocycles. The summed E-state index contributed by atoms with van der Waals surface area (Å²) in [7, 11) is 0. The normalized spacial score (nSPS) is 17.1. The van der Waals surface area contributed by atoms with Crippen molar-refractivity contribution in [1.29, 1.82) is 0 Å². The van der Waals surface area contributed by atoms with Gasteiger partial charge in [0, 0.05) is 19.0 Å². The van der Waals surface area contributed by atoms with E-state index in [-0.39, 0.29) is 0 Å². The van der Waals surface area contributed by atoms with E-state index < -0.39 is 0 Å². The van der Waals surface area contributed by atoms with Gasteiger partial charge in [-0.1, -0.05) is 18.2 Å². The molecule has 1 aromatic carbocycles. The van der Waals surface area contributed by atoms with Gasteiger partial charge in [0.15, 0.2) is 0 Å². The van der Waals surface area contributed by atoms with Crippen LogP contribution in [0.15, 0.2) is 18.2 Å². The summed E-state index contributed by atoms with van der Waals surface area (Å²) in [6, 6.07) is 6.60. The molecule has 0 spiro atoms. The van der Waals surface area contributed by atoms with Gasteiger partial charge < -0.3 is 0 Å². The molecule has 1 aromatic rings. The van der Waals surface area contributed by atoms with Gasteiger partial charge in [-0.3, -0.25) is 4.90 Å². The van der Waals surface area contributed by atoms with E-state index in [4.69, 9.17) is 0 Å². The van der Waals surface area contributed by atoms with Crippen LogP contribution in [-0.2, 0) is 13.0 Å². The van der Waals surface area contributed by atoms with Crippen molar-refractivity contribution in [3.05, 3.63) is 34.9 Å². The van der Waals surface area contributed by atoms with E-state index in [1.165, 1.54) is 23.1 Å². The van der Waals surface area contributed by atoms with Gasteiger partial charge in [0.1, 0.15) is 0 Å². The third-order valence-electron chi connectivity index (χ3n) is 2.79. The maximum absolute atomic E-state index is 4.32. The second kappa shape index (κ2) is 3.72. The van der Waals surface area contributed by atoms with Gasteiger partial charge in [0.05, 0.1) is 0 Å². The van der Waals surface area contributed by atoms with Gasteiger partial charge in [0.2, 0.25) is 0 Å². The Morgan fingerprint density at radius 2 is 2.31 bits per heavy atom. The molecule has 0 unspecified atom stereocenters. The molecule has 0 N–H and O–H groups in total. The SMILES string of the molecule is Cc1cccc2c1CN(CS)CC2. The second-order valence-electron chi connectivity index (χ2n) is 3.66. The summed E-state index contributed by atoms with van der Waals surface area (Å²) in [5.74, 6) is 0.869. The van der Waals surface area contributed by atoms with E-state index in [1.807, 2.05) is 0 Å². The molecule has 0 aromatic heterocycles. The van der Waals surface area contributed by atoms with Crippen molar-refractivity contribution in [2.45, 2.75) is 19.9 Å². The van der Waals surface area contributed by atoms with E-state index >= 15 is 0 Å². The molecular weight excluding hydrogens is 178 g/mol. The van der Waals surface area contributed by atoms with Crippen molar-refractivity contribution in [3.8, 4) is 0 Å². The summed E-state index contributed by atoms with van der Waals surface area (Å²) >= 11 is 4.32. The van der Waals surface area contributed by atoms with Gasteiger partial charge in [-0.25, -0.2) is 0 Å². The van der Waals surface area contributed by atoms with E-state index in [9.17, 15) is 0 Å². The summed E-state index contributed by atoms with van der Waals surface area (Å²) in [4.78, 5) is 2.37. The van der Waals surface area contributed by atoms with E-state index in [1.54, 1.807) is 0 Å². The molecule has 0 fully saturated rings. The number of aryl methyl sites for hydroxylation is 1. The van der Waals surface area contributed by atoms with Crippen LogP contribution in [0.1, 0.15) is 16.7 Å². The van der Waals surface area contributed by atoms with Crippen LogP contribution in [0, 0.1) is 6.92 Å². The highest BCUT2D eigenvalue weighted by molar-refractivity contribution is 7.80. The monoisotopic (exact) mass is 193 g/mol. The first-order valence-electron chi connectivity index (χ1n) is 4.72. The number of hydrogen-bond acceptors (Lipinski definition) is 2. The number of fused-ring (bicyclic) bond motifs is 1. The second-order valence-corrected chi connectivity index (χ2v) is 3.94. The lowest BCUT2D eigenvalue weighted by molar-refractivity contribution is 0.300. The average Bonchev–Trinajstić information content (AvgIpc) is 2.18. The molecule has 1 aliphatic heterocycles. The van der Waals surface area contributed by atoms with E-state index in [0.717, 1.165) is 19.0 Å². The van der Waals surface area contributed by atoms with Gasteiger partial charge in [0.25, 0.3) is 0 Å². The summed E-state index contributed by atoms with van der Waals surface area (Å²) in [6.45, 7) is 4.42. The Labute approximate surface area is 85.2 Å². The van der Waals surface area contributed by atoms with Crippen LogP contribution in [0.5, 0.6) is 0 Å². The van der Waals surface area contributed by atoms with Crippen molar-refractivity contribution in [2.75, 3.05) is 12.4 Å². The van der Waals surface area contributed by atoms with Crippen molar-refractivity contribution in [1.82, 2.24) is 4.90 Å². The van der Waals surface area contributed by atoms with Gasteiger partial charge >= 0.3 is 0 Å². The fourth-order valence-corrected chi connectivity index (χ4v) is 2.17. The molecule has 0 saturated heterocycles. The van der Waals surface area contributed by atoms with Crippen LogP contribution in [0.3, 0.4) is 0 Å². The Hall–Kier alpha value is -0.470. The molecule has 0 amide bonds. The molecule has 0 aliphatic carbocycles. The first-order chi connectivity index (χ1) is 6.31. The summed E-state index contributed by atoms with van der Waals surface area (Å²) < 4.78 is 0. The van der Waals surface area contributed by atoms with Gasteiger partial charge in [-0.15, -0.1) is 0 Å². The zero-order valence-electron chi connectivity index (χ0n) is 7.95. The largest absolute Gasteiger partial charge is 0.290 e. The number of nitrogens with zero attached hydrogens (tertiary/aromatic N) is 1. The maximum Gasteiger partial charge on any atom is 0.0417 e. The molecule has 1 nitrogen and oxygen atoms in total. The molecule has 1 aliphatic rings. The van der Waals surface area contributed by atoms with Crippen LogP contribution in [0.2, 0.25) is 0 Å². The molecule has 2 heteroatoms. The van der Waals surface area contributed by atoms with Gasteiger partial charge in [-0.2, -0.15) is 12.6 Å². The van der Waals surface area contributed by atoms with Crippen LogP contribution >= 0.6 is 12.6 Å². The number of benzene rings is 1. The molecule has 0 radical (unpaired) electrons. The number of hydrogen-bond donors (Lipinski definition) is 1. The first kappa shape index (κ1) is 9.10. The van der Waals surface area contributed by atoms with Crippen LogP contribution in [-0.4, -0.2) is 17.3 Å². The Morgan fingerprint density at radius 1 is 1.46 bits per heavy atom. The Balaban J connectivity index is 2.32. The Morgan fingerprint density at radius 3 is 3.08 bits per heavy atom. The first-order valence-corrected chi connectivity index (χ1v) is 5.35. The topological polar surface area (TPSA) is 3.24 Å². The zero-order chi connectivity index (χ0) is 9.26. The smallest absolute Gasteiger partial charge is 0.0417 e. The Bertz CT molecular complexity index is 309. The molecule has 0 saturated carbocycles. The highest BCUT2D eigenvalue weighted by Crippen LogP contribution is 2.21. The number of rotatable bonds is 1. The van der Waals surface area contributed by atoms with E-state index in [2.05, 4.69) is 42.7 Å². The van der Waals surface area contributed by atoms with Crippen LogP contribution in [0.4, 0.5) is 0 Å². The molecule has 13 heavy (non-hydrogen) atoms. The molecule has 70 valence electrons. The molecule has 0 bridgehead atoms. The average molecular weight is 193 g/mol. The minimum Gasteiger partial charge on any atom is -0.290 e. The van der Waals surface area contributed by atoms with Crippen LogP contribution in [0.25, 0.3) is 0 Å². The van der Waals surface area contributed by atoms with Crippen molar-refractivity contribution in [3.63, 3.8) is 0 Å². The molecule has 0 atom stereocenters. The third-order valence-corrected chi connectivity index (χ3v) is 3.19. The maximum atomic E-state index is 4.32. The lowest BCUT2D eigenvalue weighted by Gasteiger charge is -2.28. The van der Waals surface area contributed by atoms with Crippen LogP contribution < -0.4 is 0 Å². The zero-order valence-corrected chi connectivity index (χ0v) is 8.85. The third kappa shape index (κ3) is 1.74. The number of thiol groups is 1. The van der Waals surface area contributed by atoms with Crippen molar-refractivity contribution in [2.24, 2.45) is 0 Å². The summed E-state index contributed by atoms with van der Waals surface area (Å²) in [6.07, 6.45) is 1.18. The lowest BCUT2D eigenvalue weighted by Crippen LogP contribution is -2.29. The fourth-order valence-electron chi connectivity index (χ4n) is 1.93. The Kier molecular flexibility index (Phi) is 2.61.